The first kappa shape index (κ1) is 23.4. The number of ether oxygens (including phenoxy) is 2. The number of aryl methyl sites for hydroxylation is 1. The predicted octanol–water partition coefficient (Wildman–Crippen LogP) is 1.80. The minimum atomic E-state index is 0.0831. The number of hydrogen-bond acceptors (Lipinski definition) is 6. The zero-order valence-electron chi connectivity index (χ0n) is 19.5. The lowest BCUT2D eigenvalue weighted by Gasteiger charge is -2.24. The second-order valence-corrected chi connectivity index (χ2v) is 9.50. The van der Waals surface area contributed by atoms with Crippen molar-refractivity contribution >= 4 is 5.91 Å². The second kappa shape index (κ2) is 11.4. The lowest BCUT2D eigenvalue weighted by Crippen LogP contribution is -2.39. The van der Waals surface area contributed by atoms with E-state index in [1.165, 1.54) is 6.42 Å². The molecule has 8 nitrogen and oxygen atoms in total. The highest BCUT2D eigenvalue weighted by Crippen LogP contribution is 2.26. The van der Waals surface area contributed by atoms with E-state index in [0.29, 0.717) is 26.3 Å². The molecule has 4 heterocycles. The monoisotopic (exact) mass is 446 g/mol. The summed E-state index contributed by atoms with van der Waals surface area (Å²) in [7, 11) is 1.84. The van der Waals surface area contributed by atoms with Gasteiger partial charge in [0.25, 0.3) is 5.56 Å². The van der Waals surface area contributed by atoms with Crippen LogP contribution in [0.25, 0.3) is 0 Å². The molecule has 1 aromatic heterocycles. The third-order valence-corrected chi connectivity index (χ3v) is 7.01. The van der Waals surface area contributed by atoms with Crippen LogP contribution in [-0.2, 0) is 27.2 Å². The van der Waals surface area contributed by atoms with Gasteiger partial charge in [-0.15, -0.1) is 0 Å². The average Bonchev–Trinajstić information content (AvgIpc) is 3.13. The van der Waals surface area contributed by atoms with Gasteiger partial charge >= 0.3 is 0 Å². The van der Waals surface area contributed by atoms with E-state index in [9.17, 15) is 9.59 Å². The number of carbonyl (C=O) groups excluding carboxylic acids is 1. The Kier molecular flexibility index (Phi) is 8.32. The van der Waals surface area contributed by atoms with Crippen LogP contribution in [0.15, 0.2) is 10.9 Å². The molecule has 2 atom stereocenters. The van der Waals surface area contributed by atoms with Crippen molar-refractivity contribution in [1.82, 2.24) is 19.4 Å². The number of carbonyl (C=O) groups is 1. The van der Waals surface area contributed by atoms with Crippen molar-refractivity contribution in [2.45, 2.75) is 69.9 Å². The molecule has 178 valence electrons. The summed E-state index contributed by atoms with van der Waals surface area (Å²) >= 11 is 0. The third-order valence-electron chi connectivity index (χ3n) is 7.01. The number of likely N-dealkylation sites (N-methyl/N-ethyl adjacent to an activating group) is 1. The number of nitrogens with zero attached hydrogens (tertiary/aromatic N) is 4. The van der Waals surface area contributed by atoms with Gasteiger partial charge in [0.15, 0.2) is 0 Å². The Hall–Kier alpha value is -1.77. The highest BCUT2D eigenvalue weighted by atomic mass is 16.5. The second-order valence-electron chi connectivity index (χ2n) is 9.50. The Morgan fingerprint density at radius 3 is 2.97 bits per heavy atom. The van der Waals surface area contributed by atoms with Gasteiger partial charge in [0.05, 0.1) is 31.6 Å². The molecule has 4 rings (SSSR count). The first-order valence-electron chi connectivity index (χ1n) is 12.4. The Balaban J connectivity index is 1.21. The summed E-state index contributed by atoms with van der Waals surface area (Å²) in [6.07, 6.45) is 8.77. The maximum absolute atomic E-state index is 12.7. The van der Waals surface area contributed by atoms with Gasteiger partial charge in [0.2, 0.25) is 5.91 Å². The number of rotatable bonds is 8. The highest BCUT2D eigenvalue weighted by molar-refractivity contribution is 5.78. The van der Waals surface area contributed by atoms with E-state index in [-0.39, 0.29) is 23.5 Å². The summed E-state index contributed by atoms with van der Waals surface area (Å²) in [4.78, 5) is 34.1. The standard InChI is InChI=1S/C24H38N4O4/c1-26(12-14-31-18-20-7-4-6-13-32-20)24(30)17-27-11-9-19(16-27)21-15-23(29)28-10-5-2-3-8-22(28)25-21/h15,19-20H,2-14,16-18H2,1H3. The predicted molar refractivity (Wildman–Crippen MR) is 122 cm³/mol. The first-order chi connectivity index (χ1) is 15.6. The van der Waals surface area contributed by atoms with Gasteiger partial charge in [-0.25, -0.2) is 4.98 Å². The Labute approximate surface area is 190 Å². The molecule has 0 N–H and O–H groups in total. The largest absolute Gasteiger partial charge is 0.377 e. The van der Waals surface area contributed by atoms with Crippen LogP contribution in [-0.4, -0.2) is 84.4 Å². The zero-order valence-corrected chi connectivity index (χ0v) is 19.5. The van der Waals surface area contributed by atoms with Crippen molar-refractivity contribution in [3.05, 3.63) is 27.9 Å². The van der Waals surface area contributed by atoms with Crippen molar-refractivity contribution in [1.29, 1.82) is 0 Å². The van der Waals surface area contributed by atoms with Crippen LogP contribution in [0.1, 0.15) is 62.4 Å². The van der Waals surface area contributed by atoms with Crippen LogP contribution < -0.4 is 5.56 Å². The summed E-state index contributed by atoms with van der Waals surface area (Å²) < 4.78 is 13.3. The van der Waals surface area contributed by atoms with Crippen LogP contribution in [0.4, 0.5) is 0 Å². The molecular formula is C24H38N4O4. The average molecular weight is 447 g/mol. The van der Waals surface area contributed by atoms with Crippen LogP contribution in [0.5, 0.6) is 0 Å². The Morgan fingerprint density at radius 1 is 1.22 bits per heavy atom. The summed E-state index contributed by atoms with van der Waals surface area (Å²) in [5.41, 5.74) is 0.990. The van der Waals surface area contributed by atoms with Gasteiger partial charge in [-0.05, 0) is 45.1 Å². The molecule has 0 aromatic carbocycles. The van der Waals surface area contributed by atoms with E-state index in [1.54, 1.807) is 11.0 Å². The van der Waals surface area contributed by atoms with Gasteiger partial charge in [-0.2, -0.15) is 0 Å². The van der Waals surface area contributed by atoms with Crippen molar-refractivity contribution in [3.63, 3.8) is 0 Å². The van der Waals surface area contributed by atoms with Gasteiger partial charge in [0, 0.05) is 51.7 Å². The smallest absolute Gasteiger partial charge is 0.253 e. The number of fused-ring (bicyclic) bond motifs is 1. The molecular weight excluding hydrogens is 408 g/mol. The van der Waals surface area contributed by atoms with E-state index < -0.39 is 0 Å². The van der Waals surface area contributed by atoms with Gasteiger partial charge in [0.1, 0.15) is 5.82 Å². The van der Waals surface area contributed by atoms with Gasteiger partial charge in [-0.3, -0.25) is 19.1 Å². The van der Waals surface area contributed by atoms with Gasteiger partial charge in [-0.1, -0.05) is 6.42 Å². The van der Waals surface area contributed by atoms with E-state index >= 15 is 0 Å². The fourth-order valence-corrected chi connectivity index (χ4v) is 4.95. The van der Waals surface area contributed by atoms with Crippen molar-refractivity contribution in [2.75, 3.05) is 53.0 Å². The molecule has 2 fully saturated rings. The molecule has 1 amide bonds. The van der Waals surface area contributed by atoms with Crippen LogP contribution in [0.3, 0.4) is 0 Å². The Morgan fingerprint density at radius 2 is 2.12 bits per heavy atom. The molecule has 8 heteroatoms. The van der Waals surface area contributed by atoms with E-state index in [2.05, 4.69) is 4.90 Å². The highest BCUT2D eigenvalue weighted by Gasteiger charge is 2.28. The summed E-state index contributed by atoms with van der Waals surface area (Å²) in [6.45, 7) is 5.41. The van der Waals surface area contributed by atoms with E-state index in [4.69, 9.17) is 14.5 Å². The molecule has 2 unspecified atom stereocenters. The molecule has 32 heavy (non-hydrogen) atoms. The Bertz CT molecular complexity index is 821. The number of aromatic nitrogens is 2. The number of likely N-dealkylation sites (tertiary alicyclic amines) is 1. The topological polar surface area (TPSA) is 76.9 Å². The van der Waals surface area contributed by atoms with E-state index in [1.807, 2.05) is 11.6 Å². The molecule has 0 radical (unpaired) electrons. The molecule has 0 aliphatic carbocycles. The molecule has 0 spiro atoms. The number of amides is 1. The molecule has 2 saturated heterocycles. The lowest BCUT2D eigenvalue weighted by atomic mass is 10.0. The molecule has 3 aliphatic heterocycles. The lowest BCUT2D eigenvalue weighted by molar-refractivity contribution is -0.131. The molecule has 3 aliphatic rings. The van der Waals surface area contributed by atoms with Crippen LogP contribution in [0, 0.1) is 0 Å². The van der Waals surface area contributed by atoms with E-state index in [0.717, 1.165) is 82.7 Å². The summed E-state index contributed by atoms with van der Waals surface area (Å²) in [6, 6.07) is 1.73. The SMILES string of the molecule is CN(CCOCC1CCCCO1)C(=O)CN1CCC(c2cc(=O)n3c(n2)CCCCC3)C1. The molecule has 0 saturated carbocycles. The normalized spacial score (nSPS) is 24.2. The maximum atomic E-state index is 12.7. The number of hydrogen-bond donors (Lipinski definition) is 0. The minimum absolute atomic E-state index is 0.0831. The van der Waals surface area contributed by atoms with Crippen LogP contribution >= 0.6 is 0 Å². The quantitative estimate of drug-likeness (QED) is 0.567. The first-order valence-corrected chi connectivity index (χ1v) is 12.4. The van der Waals surface area contributed by atoms with Gasteiger partial charge < -0.3 is 14.4 Å². The third kappa shape index (κ3) is 6.17. The zero-order chi connectivity index (χ0) is 22.3. The molecule has 0 bridgehead atoms. The van der Waals surface area contributed by atoms with Crippen molar-refractivity contribution < 1.29 is 14.3 Å². The maximum Gasteiger partial charge on any atom is 0.253 e. The summed E-state index contributed by atoms with van der Waals surface area (Å²) in [5.74, 6) is 1.28. The minimum Gasteiger partial charge on any atom is -0.377 e. The summed E-state index contributed by atoms with van der Waals surface area (Å²) in [5, 5.41) is 0. The fraction of sp³-hybridized carbons (Fsp3) is 0.792. The van der Waals surface area contributed by atoms with Crippen molar-refractivity contribution in [3.8, 4) is 0 Å². The fourth-order valence-electron chi connectivity index (χ4n) is 4.95. The van der Waals surface area contributed by atoms with Crippen LogP contribution in [0.2, 0.25) is 0 Å². The molecule has 1 aromatic rings. The van der Waals surface area contributed by atoms with Crippen molar-refractivity contribution in [2.24, 2.45) is 0 Å².